The summed E-state index contributed by atoms with van der Waals surface area (Å²) in [6, 6.07) is 5.46. The molecule has 0 bridgehead atoms. The first-order valence-corrected chi connectivity index (χ1v) is 7.62. The number of aliphatic imine (C=N–C) groups is 1. The molecule has 1 aromatic carbocycles. The average Bonchev–Trinajstić information content (AvgIpc) is 2.50. The third-order valence-electron chi connectivity index (χ3n) is 4.60. The van der Waals surface area contributed by atoms with E-state index in [1.54, 1.807) is 19.4 Å². The quantitative estimate of drug-likeness (QED) is 0.848. The highest BCUT2D eigenvalue weighted by molar-refractivity contribution is 5.84. The van der Waals surface area contributed by atoms with Crippen LogP contribution in [-0.2, 0) is 0 Å². The second kappa shape index (κ2) is 6.94. The van der Waals surface area contributed by atoms with Crippen LogP contribution in [0.2, 0.25) is 0 Å². The molecule has 1 aliphatic carbocycles. The van der Waals surface area contributed by atoms with Gasteiger partial charge in [0, 0.05) is 17.3 Å². The molecule has 0 saturated heterocycles. The Morgan fingerprint density at radius 1 is 1.29 bits per heavy atom. The minimum Gasteiger partial charge on any atom is -0.504 e. The lowest BCUT2D eigenvalue weighted by Crippen LogP contribution is -2.48. The smallest absolute Gasteiger partial charge is 0.166 e. The number of rotatable bonds is 5. The highest BCUT2D eigenvalue weighted by Crippen LogP contribution is 2.33. The molecule has 4 heteroatoms. The van der Waals surface area contributed by atoms with E-state index < -0.39 is 0 Å². The fraction of sp³-hybridized carbons (Fsp3) is 0.588. The number of hydrogen-bond donors (Lipinski definition) is 1. The molecular formula is C17H26N2O2. The summed E-state index contributed by atoms with van der Waals surface area (Å²) in [5.41, 5.74) is 0.877. The molecule has 4 nitrogen and oxygen atoms in total. The van der Waals surface area contributed by atoms with Gasteiger partial charge in [-0.2, -0.15) is 0 Å². The predicted molar refractivity (Wildman–Crippen MR) is 86.6 cm³/mol. The molecule has 1 aromatic rings. The van der Waals surface area contributed by atoms with Crippen LogP contribution in [0.5, 0.6) is 11.5 Å². The Morgan fingerprint density at radius 3 is 2.62 bits per heavy atom. The van der Waals surface area contributed by atoms with Gasteiger partial charge < -0.3 is 14.7 Å². The Balaban J connectivity index is 2.10. The van der Waals surface area contributed by atoms with Crippen molar-refractivity contribution in [2.75, 3.05) is 27.7 Å². The summed E-state index contributed by atoms with van der Waals surface area (Å²) in [4.78, 5) is 6.93. The van der Waals surface area contributed by atoms with Gasteiger partial charge in [0.1, 0.15) is 0 Å². The van der Waals surface area contributed by atoms with Crippen molar-refractivity contribution >= 4 is 6.21 Å². The first-order chi connectivity index (χ1) is 10.1. The number of methoxy groups -OCH3 is 1. The number of benzene rings is 1. The van der Waals surface area contributed by atoms with Crippen molar-refractivity contribution in [1.82, 2.24) is 4.90 Å². The van der Waals surface area contributed by atoms with Gasteiger partial charge in [-0.05, 0) is 39.1 Å². The van der Waals surface area contributed by atoms with Crippen molar-refractivity contribution < 1.29 is 9.84 Å². The first-order valence-electron chi connectivity index (χ1n) is 7.62. The van der Waals surface area contributed by atoms with E-state index in [4.69, 9.17) is 4.74 Å². The Hall–Kier alpha value is -1.55. The number of nitrogens with zero attached hydrogens (tertiary/aromatic N) is 2. The second-order valence-electron chi connectivity index (χ2n) is 6.05. The predicted octanol–water partition coefficient (Wildman–Crippen LogP) is 3.08. The van der Waals surface area contributed by atoms with E-state index in [0.717, 1.165) is 6.54 Å². The van der Waals surface area contributed by atoms with Crippen LogP contribution in [0.15, 0.2) is 23.2 Å². The molecule has 2 rings (SSSR count). The van der Waals surface area contributed by atoms with Crippen LogP contribution in [0.1, 0.15) is 37.7 Å². The summed E-state index contributed by atoms with van der Waals surface area (Å²) in [5, 5.41) is 10.1. The molecule has 0 unspecified atom stereocenters. The van der Waals surface area contributed by atoms with E-state index in [-0.39, 0.29) is 11.3 Å². The number of likely N-dealkylation sites (N-methyl/N-ethyl adjacent to an activating group) is 1. The molecule has 1 saturated carbocycles. The lowest BCUT2D eigenvalue weighted by molar-refractivity contribution is 0.110. The van der Waals surface area contributed by atoms with Crippen LogP contribution in [0, 0.1) is 0 Å². The van der Waals surface area contributed by atoms with Crippen molar-refractivity contribution in [3.8, 4) is 11.5 Å². The van der Waals surface area contributed by atoms with Gasteiger partial charge in [-0.25, -0.2) is 0 Å². The van der Waals surface area contributed by atoms with E-state index in [0.29, 0.717) is 11.3 Å². The van der Waals surface area contributed by atoms with Gasteiger partial charge in [0.25, 0.3) is 0 Å². The number of para-hydroxylation sites is 1. The Bertz CT molecular complexity index is 492. The van der Waals surface area contributed by atoms with Gasteiger partial charge in [0.15, 0.2) is 11.5 Å². The van der Waals surface area contributed by atoms with Gasteiger partial charge in [0.05, 0.1) is 13.7 Å². The summed E-state index contributed by atoms with van der Waals surface area (Å²) in [6.45, 7) is 0.774. The summed E-state index contributed by atoms with van der Waals surface area (Å²) < 4.78 is 5.12. The average molecular weight is 290 g/mol. The number of hydrogen-bond acceptors (Lipinski definition) is 4. The first kappa shape index (κ1) is 15.8. The Labute approximate surface area is 127 Å². The summed E-state index contributed by atoms with van der Waals surface area (Å²) in [6.07, 6.45) is 8.03. The fourth-order valence-electron chi connectivity index (χ4n) is 3.08. The maximum Gasteiger partial charge on any atom is 0.166 e. The Kier molecular flexibility index (Phi) is 5.23. The van der Waals surface area contributed by atoms with Gasteiger partial charge >= 0.3 is 0 Å². The molecule has 0 radical (unpaired) electrons. The summed E-state index contributed by atoms with van der Waals surface area (Å²) in [5.74, 6) is 0.644. The minimum absolute atomic E-state index is 0.159. The number of phenols is 1. The number of ether oxygens (including phenoxy) is 1. The molecule has 0 amide bonds. The molecule has 1 N–H and O–H groups in total. The van der Waals surface area contributed by atoms with Gasteiger partial charge in [-0.15, -0.1) is 0 Å². The third-order valence-corrected chi connectivity index (χ3v) is 4.60. The molecular weight excluding hydrogens is 264 g/mol. The SMILES string of the molecule is COc1cccc(C=NCC2(N(C)C)CCCCC2)c1O. The van der Waals surface area contributed by atoms with E-state index in [2.05, 4.69) is 24.0 Å². The highest BCUT2D eigenvalue weighted by atomic mass is 16.5. The zero-order valence-corrected chi connectivity index (χ0v) is 13.3. The minimum atomic E-state index is 0.159. The number of phenolic OH excluding ortho intramolecular Hbond substituents is 1. The summed E-state index contributed by atoms with van der Waals surface area (Å²) in [7, 11) is 5.84. The highest BCUT2D eigenvalue weighted by Gasteiger charge is 2.33. The summed E-state index contributed by atoms with van der Waals surface area (Å²) >= 11 is 0. The van der Waals surface area contributed by atoms with Crippen molar-refractivity contribution in [2.45, 2.75) is 37.6 Å². The standard InChI is InChI=1S/C17H26N2O2/c1-19(2)17(10-5-4-6-11-17)13-18-12-14-8-7-9-15(21-3)16(14)20/h7-9,12,20H,4-6,10-11,13H2,1-3H3. The molecule has 1 aliphatic rings. The molecule has 0 aromatic heterocycles. The van der Waals surface area contributed by atoms with E-state index in [1.807, 2.05) is 12.1 Å². The molecule has 1 fully saturated rings. The molecule has 0 atom stereocenters. The maximum absolute atomic E-state index is 10.1. The van der Waals surface area contributed by atoms with Gasteiger partial charge in [-0.1, -0.05) is 25.3 Å². The molecule has 0 aliphatic heterocycles. The number of aromatic hydroxyl groups is 1. The molecule has 0 heterocycles. The Morgan fingerprint density at radius 2 is 2.00 bits per heavy atom. The van der Waals surface area contributed by atoms with Crippen LogP contribution >= 0.6 is 0 Å². The second-order valence-corrected chi connectivity index (χ2v) is 6.05. The van der Waals surface area contributed by atoms with E-state index in [1.165, 1.54) is 32.1 Å². The van der Waals surface area contributed by atoms with Crippen molar-refractivity contribution in [3.63, 3.8) is 0 Å². The topological polar surface area (TPSA) is 45.1 Å². The van der Waals surface area contributed by atoms with Crippen molar-refractivity contribution in [1.29, 1.82) is 0 Å². The normalized spacial score (nSPS) is 18.3. The molecule has 21 heavy (non-hydrogen) atoms. The fourth-order valence-corrected chi connectivity index (χ4v) is 3.08. The van der Waals surface area contributed by atoms with Crippen LogP contribution in [0.4, 0.5) is 0 Å². The molecule has 116 valence electrons. The van der Waals surface area contributed by atoms with Crippen LogP contribution in [0.25, 0.3) is 0 Å². The van der Waals surface area contributed by atoms with E-state index in [9.17, 15) is 5.11 Å². The third kappa shape index (κ3) is 3.56. The lowest BCUT2D eigenvalue weighted by Gasteiger charge is -2.41. The van der Waals surface area contributed by atoms with Crippen molar-refractivity contribution in [3.05, 3.63) is 23.8 Å². The van der Waals surface area contributed by atoms with Crippen LogP contribution < -0.4 is 4.74 Å². The lowest BCUT2D eigenvalue weighted by atomic mass is 9.81. The monoisotopic (exact) mass is 290 g/mol. The van der Waals surface area contributed by atoms with Crippen LogP contribution in [0.3, 0.4) is 0 Å². The zero-order valence-electron chi connectivity index (χ0n) is 13.3. The molecule has 0 spiro atoms. The van der Waals surface area contributed by atoms with E-state index >= 15 is 0 Å². The van der Waals surface area contributed by atoms with Crippen molar-refractivity contribution in [2.24, 2.45) is 4.99 Å². The van der Waals surface area contributed by atoms with Gasteiger partial charge in [0.2, 0.25) is 0 Å². The zero-order chi connectivity index (χ0) is 15.3. The maximum atomic E-state index is 10.1. The van der Waals surface area contributed by atoms with Gasteiger partial charge in [-0.3, -0.25) is 4.99 Å². The largest absolute Gasteiger partial charge is 0.504 e. The van der Waals surface area contributed by atoms with Crippen LogP contribution in [-0.4, -0.2) is 49.5 Å².